The number of hydrogen-bond donors (Lipinski definition) is 1. The van der Waals surface area contributed by atoms with E-state index < -0.39 is 5.82 Å². The molecule has 5 heterocycles. The minimum atomic E-state index is -0.475. The molecule has 0 amide bonds. The Balaban J connectivity index is 0.000000227. The molecule has 0 unspecified atom stereocenters. The molecule has 0 atom stereocenters. The summed E-state index contributed by atoms with van der Waals surface area (Å²) in [6, 6.07) is 28.3. The number of likely N-dealkylation sites (tertiary alicyclic amines) is 1. The van der Waals surface area contributed by atoms with Gasteiger partial charge in [0.25, 0.3) is 5.56 Å². The van der Waals surface area contributed by atoms with Gasteiger partial charge in [0.2, 0.25) is 0 Å². The molecule has 2 aliphatic heterocycles. The zero-order valence-corrected chi connectivity index (χ0v) is 40.5. The van der Waals surface area contributed by atoms with Crippen LogP contribution in [-0.4, -0.2) is 118 Å². The molecule has 0 spiro atoms. The lowest BCUT2D eigenvalue weighted by atomic mass is 9.98. The monoisotopic (exact) mass is 992 g/mol. The Morgan fingerprint density at radius 2 is 1.66 bits per heavy atom. The molecule has 366 valence electrons. The van der Waals surface area contributed by atoms with Crippen LogP contribution in [-0.2, 0) is 11.3 Å². The maximum atomic E-state index is 13.5. The predicted octanol–water partition coefficient (Wildman–Crippen LogP) is 7.88. The van der Waals surface area contributed by atoms with Crippen molar-refractivity contribution in [3.05, 3.63) is 142 Å². The lowest BCUT2D eigenvalue weighted by Crippen LogP contribution is -2.37. The molecule has 3 N–H and O–H groups in total. The third kappa shape index (κ3) is 14.2. The topological polar surface area (TPSA) is 197 Å². The Hall–Kier alpha value is -6.78. The summed E-state index contributed by atoms with van der Waals surface area (Å²) in [5.41, 5.74) is 4.83. The number of nitriles is 1. The van der Waals surface area contributed by atoms with Gasteiger partial charge in [0, 0.05) is 54.0 Å². The summed E-state index contributed by atoms with van der Waals surface area (Å²) >= 11 is 5.90. The van der Waals surface area contributed by atoms with Gasteiger partial charge in [-0.25, -0.2) is 29.0 Å². The molecular weight excluding hydrogens is 939 g/mol. The number of aromatic nitrogens is 6. The first kappa shape index (κ1) is 52.6. The summed E-state index contributed by atoms with van der Waals surface area (Å²) in [5.74, 6) is 3.15. The van der Waals surface area contributed by atoms with Crippen LogP contribution in [0.25, 0.3) is 33.5 Å². The van der Waals surface area contributed by atoms with Gasteiger partial charge in [-0.3, -0.25) is 9.69 Å². The van der Waals surface area contributed by atoms with Crippen LogP contribution >= 0.6 is 24.0 Å². The fraction of sp³-hybridized carbons (Fsp3) is 0.314. The fourth-order valence-corrected chi connectivity index (χ4v) is 8.05. The fourth-order valence-electron chi connectivity index (χ4n) is 7.87. The first-order valence-corrected chi connectivity index (χ1v) is 22.9. The Bertz CT molecular complexity index is 2910. The van der Waals surface area contributed by atoms with Crippen LogP contribution in [0, 0.1) is 23.1 Å². The number of rotatable bonds is 15. The number of morpholine rings is 1. The average Bonchev–Trinajstić information content (AvgIpc) is 3.37. The third-order valence-electron chi connectivity index (χ3n) is 11.7. The second kappa shape index (κ2) is 25.7. The Labute approximate surface area is 416 Å². The Morgan fingerprint density at radius 1 is 0.886 bits per heavy atom. The molecule has 70 heavy (non-hydrogen) atoms. The van der Waals surface area contributed by atoms with Gasteiger partial charge in [-0.1, -0.05) is 41.9 Å². The van der Waals surface area contributed by atoms with Crippen molar-refractivity contribution < 1.29 is 28.8 Å². The minimum absolute atomic E-state index is 0. The number of ether oxygens (including phenoxy) is 4. The molecule has 7 aromatic rings. The standard InChI is InChI=1S/C29H28N6O2.C22H24ClFN4O3.ClH.H2O/c1-34-12-10-21(11-13-34)20-37-26-17-31-29(32-18-26)25-7-3-5-23(15-25)19-35-28(36)9-8-27(33-35)24-6-2-4-22(14-24)16-30;1-29-20-13-19-16(12-21(20)31-8-2-5-28-6-9-30-10-7-28)22(26-14-25-19)27-15-3-4-18(24)17(23)11-15;;/h2-9,14-15,17-18,21H,10-13,19-20H2,1H3;3-4,11-14H,2,5-10H2,1H3,(H,25,26,27);1H;1H2. The van der Waals surface area contributed by atoms with Gasteiger partial charge < -0.3 is 34.6 Å². The molecule has 19 heteroatoms. The second-order valence-electron chi connectivity index (χ2n) is 16.6. The van der Waals surface area contributed by atoms with E-state index in [9.17, 15) is 14.4 Å². The average molecular weight is 994 g/mol. The highest BCUT2D eigenvalue weighted by atomic mass is 35.5. The van der Waals surface area contributed by atoms with E-state index in [1.165, 1.54) is 29.2 Å². The van der Waals surface area contributed by atoms with E-state index >= 15 is 0 Å². The minimum Gasteiger partial charge on any atom is -0.493 e. The molecule has 4 aromatic carbocycles. The summed E-state index contributed by atoms with van der Waals surface area (Å²) < 4.78 is 37.7. The van der Waals surface area contributed by atoms with Crippen LogP contribution in [0.4, 0.5) is 15.9 Å². The maximum Gasteiger partial charge on any atom is 0.267 e. The number of methoxy groups -OCH3 is 1. The quantitative estimate of drug-likeness (QED) is 0.0974. The van der Waals surface area contributed by atoms with Gasteiger partial charge in [0.05, 0.1) is 80.3 Å². The highest BCUT2D eigenvalue weighted by Crippen LogP contribution is 2.35. The highest BCUT2D eigenvalue weighted by Gasteiger charge is 2.18. The second-order valence-corrected chi connectivity index (χ2v) is 17.0. The van der Waals surface area contributed by atoms with E-state index in [4.69, 9.17) is 30.5 Å². The molecule has 0 bridgehead atoms. The smallest absolute Gasteiger partial charge is 0.267 e. The Kier molecular flexibility index (Phi) is 19.3. The Morgan fingerprint density at radius 3 is 2.41 bits per heavy atom. The van der Waals surface area contributed by atoms with Gasteiger partial charge in [-0.2, -0.15) is 10.4 Å². The molecule has 3 aromatic heterocycles. The van der Waals surface area contributed by atoms with Crippen molar-refractivity contribution in [2.75, 3.05) is 78.6 Å². The number of hydrogen-bond acceptors (Lipinski definition) is 14. The van der Waals surface area contributed by atoms with Crippen molar-refractivity contribution in [2.24, 2.45) is 5.92 Å². The molecule has 0 aliphatic carbocycles. The number of benzene rings is 4. The van der Waals surface area contributed by atoms with Crippen molar-refractivity contribution in [3.63, 3.8) is 0 Å². The van der Waals surface area contributed by atoms with E-state index in [0.717, 1.165) is 87.3 Å². The van der Waals surface area contributed by atoms with Crippen molar-refractivity contribution in [2.45, 2.75) is 25.8 Å². The number of halogens is 3. The molecule has 0 saturated carbocycles. The number of fused-ring (bicyclic) bond motifs is 1. The molecular formula is C51H55Cl2FN10O6. The molecule has 2 saturated heterocycles. The van der Waals surface area contributed by atoms with Gasteiger partial charge in [0.15, 0.2) is 23.1 Å². The van der Waals surface area contributed by atoms with E-state index in [1.54, 1.807) is 49.8 Å². The predicted molar refractivity (Wildman–Crippen MR) is 270 cm³/mol. The number of anilines is 2. The van der Waals surface area contributed by atoms with Gasteiger partial charge >= 0.3 is 0 Å². The normalized spacial score (nSPS) is 14.0. The molecule has 16 nitrogen and oxygen atoms in total. The SMILES string of the molecule is CN1CCC(COc2cnc(-c3cccc(Cn4nc(-c5cccc(C#N)c5)ccc4=O)c3)nc2)CC1.COc1cc2ncnc(Nc3ccc(F)c(Cl)c3)c2cc1OCCCN1CCOCC1.Cl.O. The van der Waals surface area contributed by atoms with Crippen LogP contribution in [0.1, 0.15) is 30.4 Å². The van der Waals surface area contributed by atoms with Gasteiger partial charge in [0.1, 0.15) is 18.0 Å². The number of piperidine rings is 1. The first-order valence-electron chi connectivity index (χ1n) is 22.5. The van der Waals surface area contributed by atoms with Crippen molar-refractivity contribution in [3.8, 4) is 46.0 Å². The first-order chi connectivity index (χ1) is 33.2. The molecule has 2 aliphatic rings. The van der Waals surface area contributed by atoms with Gasteiger partial charge in [-0.05, 0) is 99.4 Å². The highest BCUT2D eigenvalue weighted by molar-refractivity contribution is 6.31. The van der Waals surface area contributed by atoms with E-state index in [1.807, 2.05) is 42.5 Å². The number of nitrogens with one attached hydrogen (secondary N) is 1. The molecule has 0 radical (unpaired) electrons. The van der Waals surface area contributed by atoms with Crippen molar-refractivity contribution in [1.82, 2.24) is 39.5 Å². The van der Waals surface area contributed by atoms with Gasteiger partial charge in [-0.15, -0.1) is 12.4 Å². The maximum absolute atomic E-state index is 13.5. The lowest BCUT2D eigenvalue weighted by Gasteiger charge is -2.28. The summed E-state index contributed by atoms with van der Waals surface area (Å²) in [4.78, 5) is 34.9. The zero-order chi connectivity index (χ0) is 47.2. The van der Waals surface area contributed by atoms with Crippen LogP contribution in [0.5, 0.6) is 17.2 Å². The van der Waals surface area contributed by atoms with Crippen LogP contribution in [0.2, 0.25) is 5.02 Å². The van der Waals surface area contributed by atoms with E-state index in [2.05, 4.69) is 53.3 Å². The van der Waals surface area contributed by atoms with Crippen LogP contribution in [0.15, 0.2) is 115 Å². The van der Waals surface area contributed by atoms with E-state index in [-0.39, 0.29) is 28.5 Å². The largest absolute Gasteiger partial charge is 0.493 e. The van der Waals surface area contributed by atoms with Crippen LogP contribution < -0.4 is 25.1 Å². The number of nitrogens with zero attached hydrogens (tertiary/aromatic N) is 9. The van der Waals surface area contributed by atoms with Crippen LogP contribution in [0.3, 0.4) is 0 Å². The molecule has 2 fully saturated rings. The molecule has 9 rings (SSSR count). The summed E-state index contributed by atoms with van der Waals surface area (Å²) in [5, 5.41) is 17.7. The van der Waals surface area contributed by atoms with Crippen molar-refractivity contribution >= 4 is 46.4 Å². The van der Waals surface area contributed by atoms with E-state index in [0.29, 0.717) is 77.0 Å². The summed E-state index contributed by atoms with van der Waals surface area (Å²) in [7, 11) is 3.75. The van der Waals surface area contributed by atoms with Crippen molar-refractivity contribution in [1.29, 1.82) is 5.26 Å². The third-order valence-corrected chi connectivity index (χ3v) is 12.0. The summed E-state index contributed by atoms with van der Waals surface area (Å²) in [6.07, 6.45) is 8.08. The lowest BCUT2D eigenvalue weighted by molar-refractivity contribution is 0.0357. The zero-order valence-electron chi connectivity index (χ0n) is 38.9. The summed E-state index contributed by atoms with van der Waals surface area (Å²) in [6.45, 7) is 8.22.